The highest BCUT2D eigenvalue weighted by Crippen LogP contribution is 2.19. The molecule has 0 bridgehead atoms. The normalized spacial score (nSPS) is 16.1. The summed E-state index contributed by atoms with van der Waals surface area (Å²) in [6, 6.07) is 16.7. The molecule has 0 saturated carbocycles. The summed E-state index contributed by atoms with van der Waals surface area (Å²) in [6.07, 6.45) is 2.23. The van der Waals surface area contributed by atoms with Crippen molar-refractivity contribution in [2.75, 3.05) is 18.5 Å². The molecule has 1 aliphatic rings. The van der Waals surface area contributed by atoms with Crippen LogP contribution in [0.3, 0.4) is 0 Å². The van der Waals surface area contributed by atoms with Crippen LogP contribution in [0.25, 0.3) is 0 Å². The third-order valence-electron chi connectivity index (χ3n) is 5.02. The third kappa shape index (κ3) is 5.95. The Morgan fingerprint density at radius 3 is 2.53 bits per heavy atom. The first-order valence-electron chi connectivity index (χ1n) is 10.3. The molecule has 1 aliphatic heterocycles. The van der Waals surface area contributed by atoms with Crippen molar-refractivity contribution in [3.05, 3.63) is 76.5 Å². The molecule has 7 nitrogen and oxygen atoms in total. The number of carbonyl (C=O) groups is 1. The predicted octanol–water partition coefficient (Wildman–Crippen LogP) is 4.04. The lowest BCUT2D eigenvalue weighted by molar-refractivity contribution is 0.0679. The molecule has 1 saturated heterocycles. The number of hydrogen-bond acceptors (Lipinski definition) is 6. The summed E-state index contributed by atoms with van der Waals surface area (Å²) in [5.74, 6) is 0.386. The number of amides is 1. The summed E-state index contributed by atoms with van der Waals surface area (Å²) in [5, 5.41) is 4.69. The molecule has 32 heavy (non-hydrogen) atoms. The average molecular weight is 473 g/mol. The molecule has 1 amide bonds. The van der Waals surface area contributed by atoms with Gasteiger partial charge in [0.25, 0.3) is 5.91 Å². The zero-order valence-corrected chi connectivity index (χ0v) is 19.0. The van der Waals surface area contributed by atoms with Crippen LogP contribution in [0.4, 0.5) is 5.69 Å². The van der Waals surface area contributed by atoms with Gasteiger partial charge in [-0.05, 0) is 72.8 Å². The Bertz CT molecular complexity index is 1120. The number of ether oxygens (including phenoxy) is 2. The first kappa shape index (κ1) is 22.5. The average Bonchev–Trinajstić information content (AvgIpc) is 3.52. The number of thiophene rings is 1. The van der Waals surface area contributed by atoms with E-state index in [1.165, 1.54) is 35.6 Å². The lowest BCUT2D eigenvalue weighted by Crippen LogP contribution is -2.23. The second kappa shape index (κ2) is 10.3. The molecular weight excluding hydrogens is 448 g/mol. The summed E-state index contributed by atoms with van der Waals surface area (Å²) >= 11 is 1.48. The van der Waals surface area contributed by atoms with Crippen LogP contribution in [-0.4, -0.2) is 33.6 Å². The number of carbonyl (C=O) groups excluding carboxylic acids is 1. The van der Waals surface area contributed by atoms with Gasteiger partial charge in [-0.3, -0.25) is 4.79 Å². The molecule has 0 spiro atoms. The van der Waals surface area contributed by atoms with Crippen molar-refractivity contribution >= 4 is 33.0 Å². The van der Waals surface area contributed by atoms with E-state index in [9.17, 15) is 13.2 Å². The highest BCUT2D eigenvalue weighted by molar-refractivity contribution is 7.89. The minimum atomic E-state index is -3.65. The van der Waals surface area contributed by atoms with E-state index in [1.54, 1.807) is 24.3 Å². The number of hydrogen-bond donors (Lipinski definition) is 2. The molecule has 2 heterocycles. The maximum absolute atomic E-state index is 12.5. The van der Waals surface area contributed by atoms with E-state index in [0.717, 1.165) is 24.3 Å². The van der Waals surface area contributed by atoms with E-state index in [1.807, 2.05) is 17.5 Å². The van der Waals surface area contributed by atoms with Crippen LogP contribution < -0.4 is 14.8 Å². The van der Waals surface area contributed by atoms with Crippen LogP contribution in [0.15, 0.2) is 70.9 Å². The zero-order valence-electron chi connectivity index (χ0n) is 17.3. The Labute approximate surface area is 191 Å². The molecule has 0 aliphatic carbocycles. The van der Waals surface area contributed by atoms with Crippen LogP contribution in [0.2, 0.25) is 0 Å². The van der Waals surface area contributed by atoms with Gasteiger partial charge in [0.05, 0.1) is 11.0 Å². The van der Waals surface area contributed by atoms with Crippen LogP contribution in [0.5, 0.6) is 5.75 Å². The van der Waals surface area contributed by atoms with E-state index in [2.05, 4.69) is 10.0 Å². The quantitative estimate of drug-likeness (QED) is 0.490. The Balaban J connectivity index is 1.31. The van der Waals surface area contributed by atoms with Gasteiger partial charge in [0.15, 0.2) is 0 Å². The van der Waals surface area contributed by atoms with Gasteiger partial charge in [-0.25, -0.2) is 13.1 Å². The molecule has 168 valence electrons. The smallest absolute Gasteiger partial charge is 0.255 e. The molecule has 2 N–H and O–H groups in total. The van der Waals surface area contributed by atoms with Crippen molar-refractivity contribution < 1.29 is 22.7 Å². The lowest BCUT2D eigenvalue weighted by atomic mass is 10.2. The van der Waals surface area contributed by atoms with Gasteiger partial charge in [0.1, 0.15) is 12.4 Å². The van der Waals surface area contributed by atoms with Crippen LogP contribution >= 0.6 is 11.3 Å². The van der Waals surface area contributed by atoms with Gasteiger partial charge in [0.2, 0.25) is 10.0 Å². The highest BCUT2D eigenvalue weighted by Gasteiger charge is 2.17. The topological polar surface area (TPSA) is 93.7 Å². The predicted molar refractivity (Wildman–Crippen MR) is 124 cm³/mol. The van der Waals surface area contributed by atoms with Crippen LogP contribution in [0, 0.1) is 0 Å². The second-order valence-electron chi connectivity index (χ2n) is 7.35. The second-order valence-corrected chi connectivity index (χ2v) is 10.2. The molecular formula is C23H24N2O5S2. The van der Waals surface area contributed by atoms with E-state index in [-0.39, 0.29) is 23.5 Å². The summed E-state index contributed by atoms with van der Waals surface area (Å²) in [6.45, 7) is 1.54. The summed E-state index contributed by atoms with van der Waals surface area (Å²) in [5.41, 5.74) is 0.981. The molecule has 0 radical (unpaired) electrons. The van der Waals surface area contributed by atoms with E-state index in [4.69, 9.17) is 9.47 Å². The zero-order chi connectivity index (χ0) is 22.4. The highest BCUT2D eigenvalue weighted by atomic mass is 32.2. The van der Waals surface area contributed by atoms with E-state index < -0.39 is 10.0 Å². The van der Waals surface area contributed by atoms with Crippen molar-refractivity contribution in [2.45, 2.75) is 30.4 Å². The van der Waals surface area contributed by atoms with Gasteiger partial charge in [0, 0.05) is 29.3 Å². The van der Waals surface area contributed by atoms with Crippen molar-refractivity contribution in [3.63, 3.8) is 0 Å². The molecule has 1 atom stereocenters. The number of nitrogens with one attached hydrogen (secondary N) is 2. The van der Waals surface area contributed by atoms with E-state index >= 15 is 0 Å². The third-order valence-corrected chi connectivity index (χ3v) is 7.31. The Morgan fingerprint density at radius 2 is 1.88 bits per heavy atom. The number of rotatable bonds is 9. The van der Waals surface area contributed by atoms with Crippen molar-refractivity contribution in [1.29, 1.82) is 0 Å². The van der Waals surface area contributed by atoms with Crippen molar-refractivity contribution in [1.82, 2.24) is 4.72 Å². The monoisotopic (exact) mass is 472 g/mol. The summed E-state index contributed by atoms with van der Waals surface area (Å²) in [7, 11) is -3.65. The minimum absolute atomic E-state index is 0.110. The molecule has 3 aromatic rings. The fourth-order valence-electron chi connectivity index (χ4n) is 3.25. The van der Waals surface area contributed by atoms with Crippen molar-refractivity contribution in [2.24, 2.45) is 0 Å². The molecule has 9 heteroatoms. The minimum Gasteiger partial charge on any atom is -0.491 e. The Kier molecular flexibility index (Phi) is 7.21. The molecule has 1 aromatic heterocycles. The first-order chi connectivity index (χ1) is 15.5. The van der Waals surface area contributed by atoms with Gasteiger partial charge < -0.3 is 14.8 Å². The molecule has 1 unspecified atom stereocenters. The first-order valence-corrected chi connectivity index (χ1v) is 12.6. The molecule has 2 aromatic carbocycles. The molecule has 4 rings (SSSR count). The largest absolute Gasteiger partial charge is 0.491 e. The standard InChI is InChI=1S/C23H24N2O5S2/c26-23(25-18-7-9-19(10-8-18)30-16-20-3-1-13-29-20)17-5-11-22(12-6-17)32(27,28)24-15-21-4-2-14-31-21/h2,4-12,14,20,24H,1,3,13,15-16H2,(H,25,26). The SMILES string of the molecule is O=C(Nc1ccc(OCC2CCCO2)cc1)c1ccc(S(=O)(=O)NCc2cccs2)cc1. The number of anilines is 1. The van der Waals surface area contributed by atoms with Crippen molar-refractivity contribution in [3.8, 4) is 5.75 Å². The maximum Gasteiger partial charge on any atom is 0.255 e. The van der Waals surface area contributed by atoms with Crippen LogP contribution in [-0.2, 0) is 21.3 Å². The number of benzene rings is 2. The summed E-state index contributed by atoms with van der Waals surface area (Å²) < 4.78 is 38.7. The van der Waals surface area contributed by atoms with Crippen LogP contribution in [0.1, 0.15) is 28.1 Å². The van der Waals surface area contributed by atoms with E-state index in [0.29, 0.717) is 23.6 Å². The summed E-state index contributed by atoms with van der Waals surface area (Å²) in [4.78, 5) is 13.6. The van der Waals surface area contributed by atoms with Gasteiger partial charge in [-0.1, -0.05) is 6.07 Å². The van der Waals surface area contributed by atoms with Gasteiger partial charge in [-0.2, -0.15) is 0 Å². The Morgan fingerprint density at radius 1 is 1.09 bits per heavy atom. The molecule has 1 fully saturated rings. The lowest BCUT2D eigenvalue weighted by Gasteiger charge is -2.12. The van der Waals surface area contributed by atoms with Gasteiger partial charge >= 0.3 is 0 Å². The number of sulfonamides is 1. The fourth-order valence-corrected chi connectivity index (χ4v) is 4.99. The fraction of sp³-hybridized carbons (Fsp3) is 0.261. The maximum atomic E-state index is 12.5. The Hall–Kier alpha value is -2.72. The van der Waals surface area contributed by atoms with Gasteiger partial charge in [-0.15, -0.1) is 11.3 Å².